The molecule has 0 atom stereocenters. The topological polar surface area (TPSA) is 96.6 Å². The molecule has 0 saturated heterocycles. The highest BCUT2D eigenvalue weighted by Crippen LogP contribution is 2.29. The summed E-state index contributed by atoms with van der Waals surface area (Å²) in [6, 6.07) is 15.7. The second kappa shape index (κ2) is 6.78. The molecule has 1 heterocycles. The van der Waals surface area contributed by atoms with Gasteiger partial charge in [0.25, 0.3) is 10.0 Å². The van der Waals surface area contributed by atoms with Crippen molar-refractivity contribution in [3.63, 3.8) is 0 Å². The normalized spacial score (nSPS) is 12.3. The molecular formula is C15H13ClN4O2S2. The number of guanidine groups is 1. The Morgan fingerprint density at radius 3 is 2.50 bits per heavy atom. The first-order valence-corrected chi connectivity index (χ1v) is 9.44. The van der Waals surface area contributed by atoms with Gasteiger partial charge in [-0.25, -0.2) is 5.84 Å². The molecule has 124 valence electrons. The van der Waals surface area contributed by atoms with Crippen molar-refractivity contribution in [1.82, 2.24) is 5.43 Å². The molecule has 0 amide bonds. The molecule has 9 heteroatoms. The molecule has 0 fully saturated rings. The Labute approximate surface area is 148 Å². The van der Waals surface area contributed by atoms with E-state index >= 15 is 0 Å². The summed E-state index contributed by atoms with van der Waals surface area (Å²) in [5, 5.41) is 4.21. The van der Waals surface area contributed by atoms with Crippen LogP contribution < -0.4 is 16.6 Å². The quantitative estimate of drug-likeness (QED) is 0.280. The number of hydrogen-bond donors (Lipinski definition) is 3. The van der Waals surface area contributed by atoms with Crippen molar-refractivity contribution in [2.24, 2.45) is 10.2 Å². The Morgan fingerprint density at radius 2 is 1.83 bits per heavy atom. The fraction of sp³-hybridized carbons (Fsp3) is 0. The molecule has 24 heavy (non-hydrogen) atoms. The van der Waals surface area contributed by atoms with E-state index in [1.165, 1.54) is 0 Å². The van der Waals surface area contributed by atoms with E-state index < -0.39 is 10.0 Å². The third-order valence-corrected chi connectivity index (χ3v) is 6.21. The van der Waals surface area contributed by atoms with Gasteiger partial charge in [0.05, 0.1) is 0 Å². The van der Waals surface area contributed by atoms with Gasteiger partial charge < -0.3 is 5.32 Å². The van der Waals surface area contributed by atoms with Crippen LogP contribution in [0.4, 0.5) is 5.69 Å². The first-order valence-electron chi connectivity index (χ1n) is 6.81. The van der Waals surface area contributed by atoms with Crippen LogP contribution >= 0.6 is 22.9 Å². The van der Waals surface area contributed by atoms with Crippen molar-refractivity contribution in [2.45, 2.75) is 4.21 Å². The number of thiophene rings is 1. The first-order chi connectivity index (χ1) is 11.5. The van der Waals surface area contributed by atoms with Crippen molar-refractivity contribution >= 4 is 54.7 Å². The minimum Gasteiger partial charge on any atom is -0.324 e. The van der Waals surface area contributed by atoms with Crippen LogP contribution in [0.3, 0.4) is 0 Å². The third-order valence-electron chi connectivity index (χ3n) is 3.11. The highest BCUT2D eigenvalue weighted by molar-refractivity contribution is 7.92. The Bertz CT molecular complexity index is 965. The number of sulfonamides is 1. The summed E-state index contributed by atoms with van der Waals surface area (Å²) in [5.41, 5.74) is 2.86. The summed E-state index contributed by atoms with van der Waals surface area (Å²) in [6.07, 6.45) is 0. The van der Waals surface area contributed by atoms with Crippen LogP contribution in [-0.2, 0) is 10.0 Å². The van der Waals surface area contributed by atoms with Crippen molar-refractivity contribution in [3.8, 4) is 0 Å². The lowest BCUT2D eigenvalue weighted by Gasteiger charge is -2.08. The number of hydrogen-bond acceptors (Lipinski definition) is 4. The van der Waals surface area contributed by atoms with E-state index in [1.807, 2.05) is 24.3 Å². The van der Waals surface area contributed by atoms with E-state index in [9.17, 15) is 8.42 Å². The van der Waals surface area contributed by atoms with Gasteiger partial charge >= 0.3 is 0 Å². The molecule has 4 N–H and O–H groups in total. The molecule has 0 aliphatic rings. The molecular weight excluding hydrogens is 368 g/mol. The molecule has 0 unspecified atom stereocenters. The maximum absolute atomic E-state index is 12.5. The van der Waals surface area contributed by atoms with Crippen LogP contribution in [0.2, 0.25) is 5.02 Å². The number of rotatable bonds is 3. The Hall–Kier alpha value is -2.13. The van der Waals surface area contributed by atoms with Gasteiger partial charge in [-0.2, -0.15) is 8.42 Å². The number of halogens is 1. The van der Waals surface area contributed by atoms with Crippen LogP contribution in [0.25, 0.3) is 10.1 Å². The predicted octanol–water partition coefficient (Wildman–Crippen LogP) is 3.17. The second-order valence-electron chi connectivity index (χ2n) is 4.79. The van der Waals surface area contributed by atoms with Crippen LogP contribution in [0.15, 0.2) is 63.2 Å². The van der Waals surface area contributed by atoms with Crippen molar-refractivity contribution in [2.75, 3.05) is 5.32 Å². The SMILES string of the molecule is NN/C(=N\S(=O)(=O)c1cc2ccccc2s1)Nc1ccc(Cl)cc1. The Kier molecular flexibility index (Phi) is 4.72. The first kappa shape index (κ1) is 16.7. The summed E-state index contributed by atoms with van der Waals surface area (Å²) in [7, 11) is -3.89. The largest absolute Gasteiger partial charge is 0.324 e. The Morgan fingerprint density at radius 1 is 1.12 bits per heavy atom. The number of anilines is 1. The fourth-order valence-corrected chi connectivity index (χ4v) is 4.43. The maximum atomic E-state index is 12.5. The van der Waals surface area contributed by atoms with Crippen LogP contribution in [0.5, 0.6) is 0 Å². The Balaban J connectivity index is 1.91. The summed E-state index contributed by atoms with van der Waals surface area (Å²) >= 11 is 6.97. The van der Waals surface area contributed by atoms with Gasteiger partial charge in [-0.3, -0.25) is 5.43 Å². The number of fused-ring (bicyclic) bond motifs is 1. The standard InChI is InChI=1S/C15H13ClN4O2S2/c16-11-5-7-12(8-6-11)18-15(19-17)20-24(21,22)14-9-10-3-1-2-4-13(10)23-14/h1-9H,17H2,(H2,18,19,20). The van der Waals surface area contributed by atoms with Gasteiger partial charge in [0.15, 0.2) is 0 Å². The minimum atomic E-state index is -3.89. The molecule has 6 nitrogen and oxygen atoms in total. The highest BCUT2D eigenvalue weighted by atomic mass is 35.5. The zero-order valence-electron chi connectivity index (χ0n) is 12.2. The number of benzene rings is 2. The lowest BCUT2D eigenvalue weighted by atomic mass is 10.3. The van der Waals surface area contributed by atoms with Gasteiger partial charge in [-0.15, -0.1) is 15.7 Å². The summed E-state index contributed by atoms with van der Waals surface area (Å²) in [5.74, 6) is 5.29. The van der Waals surface area contributed by atoms with E-state index in [-0.39, 0.29) is 10.2 Å². The van der Waals surface area contributed by atoms with Crippen LogP contribution in [-0.4, -0.2) is 14.4 Å². The number of nitrogens with zero attached hydrogens (tertiary/aromatic N) is 1. The van der Waals surface area contributed by atoms with E-state index in [2.05, 4.69) is 15.1 Å². The summed E-state index contributed by atoms with van der Waals surface area (Å²) in [6.45, 7) is 0. The monoisotopic (exact) mass is 380 g/mol. The third kappa shape index (κ3) is 3.68. The predicted molar refractivity (Wildman–Crippen MR) is 98.8 cm³/mol. The molecule has 1 aromatic heterocycles. The zero-order chi connectivity index (χ0) is 17.2. The van der Waals surface area contributed by atoms with Crippen LogP contribution in [0.1, 0.15) is 0 Å². The number of nitrogens with two attached hydrogens (primary N) is 1. The van der Waals surface area contributed by atoms with E-state index in [4.69, 9.17) is 17.4 Å². The van der Waals surface area contributed by atoms with Gasteiger partial charge in [0.2, 0.25) is 5.96 Å². The molecule has 0 aliphatic heterocycles. The fourth-order valence-electron chi connectivity index (χ4n) is 2.01. The van der Waals surface area contributed by atoms with Gasteiger partial charge in [0.1, 0.15) is 4.21 Å². The average molecular weight is 381 g/mol. The van der Waals surface area contributed by atoms with E-state index in [0.29, 0.717) is 10.7 Å². The number of nitrogens with one attached hydrogen (secondary N) is 2. The van der Waals surface area contributed by atoms with Crippen molar-refractivity contribution < 1.29 is 8.42 Å². The zero-order valence-corrected chi connectivity index (χ0v) is 14.6. The molecule has 0 radical (unpaired) electrons. The molecule has 3 aromatic rings. The lowest BCUT2D eigenvalue weighted by Crippen LogP contribution is -2.36. The number of hydrazine groups is 1. The molecule has 0 bridgehead atoms. The molecule has 0 spiro atoms. The van der Waals surface area contributed by atoms with E-state index in [1.54, 1.807) is 30.3 Å². The molecule has 2 aromatic carbocycles. The minimum absolute atomic E-state index is 0.0882. The van der Waals surface area contributed by atoms with Gasteiger partial charge in [0, 0.05) is 15.4 Å². The maximum Gasteiger partial charge on any atom is 0.295 e. The molecule has 0 saturated carbocycles. The molecule has 3 rings (SSSR count). The van der Waals surface area contributed by atoms with E-state index in [0.717, 1.165) is 21.4 Å². The average Bonchev–Trinajstić information content (AvgIpc) is 3.01. The van der Waals surface area contributed by atoms with Gasteiger partial charge in [-0.05, 0) is 41.8 Å². The lowest BCUT2D eigenvalue weighted by molar-refractivity contribution is 0.600. The smallest absolute Gasteiger partial charge is 0.295 e. The summed E-state index contributed by atoms with van der Waals surface area (Å²) < 4.78 is 29.7. The van der Waals surface area contributed by atoms with Crippen molar-refractivity contribution in [3.05, 3.63) is 59.6 Å². The van der Waals surface area contributed by atoms with Crippen molar-refractivity contribution in [1.29, 1.82) is 0 Å². The molecule has 0 aliphatic carbocycles. The van der Waals surface area contributed by atoms with Gasteiger partial charge in [-0.1, -0.05) is 29.8 Å². The highest BCUT2D eigenvalue weighted by Gasteiger charge is 2.18. The summed E-state index contributed by atoms with van der Waals surface area (Å²) in [4.78, 5) is 0. The second-order valence-corrected chi connectivity index (χ2v) is 8.15. The van der Waals surface area contributed by atoms with Crippen LogP contribution in [0, 0.1) is 0 Å².